The van der Waals surface area contributed by atoms with E-state index < -0.39 is 18.0 Å². The predicted molar refractivity (Wildman–Crippen MR) is 34.5 cm³/mol. The lowest BCUT2D eigenvalue weighted by molar-refractivity contribution is -0.307. The van der Waals surface area contributed by atoms with Crippen molar-refractivity contribution < 1.29 is 23.0 Å². The maximum atomic E-state index is 11.6. The second-order valence-corrected chi connectivity index (χ2v) is 2.14. The SMILES string of the molecule is OC1=C(OC(F)(F)F)CCC=N1. The summed E-state index contributed by atoms with van der Waals surface area (Å²) in [6.07, 6.45) is -3.06. The van der Waals surface area contributed by atoms with E-state index in [1.165, 1.54) is 6.21 Å². The van der Waals surface area contributed by atoms with Gasteiger partial charge in [0.2, 0.25) is 5.88 Å². The molecule has 0 aromatic heterocycles. The Hall–Kier alpha value is -1.20. The first-order chi connectivity index (χ1) is 5.49. The Morgan fingerprint density at radius 1 is 1.50 bits per heavy atom. The monoisotopic (exact) mass is 181 g/mol. The molecule has 68 valence electrons. The van der Waals surface area contributed by atoms with Crippen molar-refractivity contribution in [1.29, 1.82) is 0 Å². The van der Waals surface area contributed by atoms with E-state index in [0.29, 0.717) is 6.42 Å². The Labute approximate surface area is 66.2 Å². The molecular weight excluding hydrogens is 175 g/mol. The van der Waals surface area contributed by atoms with Crippen molar-refractivity contribution in [2.45, 2.75) is 19.2 Å². The molecule has 1 heterocycles. The first kappa shape index (κ1) is 8.89. The molecule has 3 nitrogen and oxygen atoms in total. The fourth-order valence-electron chi connectivity index (χ4n) is 0.767. The molecule has 12 heavy (non-hydrogen) atoms. The minimum absolute atomic E-state index is 0.0227. The van der Waals surface area contributed by atoms with Gasteiger partial charge in [-0.3, -0.25) is 0 Å². The fourth-order valence-corrected chi connectivity index (χ4v) is 0.767. The molecule has 0 radical (unpaired) electrons. The van der Waals surface area contributed by atoms with Crippen molar-refractivity contribution in [1.82, 2.24) is 0 Å². The van der Waals surface area contributed by atoms with Crippen molar-refractivity contribution >= 4 is 6.21 Å². The average molecular weight is 181 g/mol. The van der Waals surface area contributed by atoms with Crippen LogP contribution >= 0.6 is 0 Å². The number of ether oxygens (including phenoxy) is 1. The predicted octanol–water partition coefficient (Wildman–Crippen LogP) is 2.11. The zero-order valence-corrected chi connectivity index (χ0v) is 5.93. The zero-order chi connectivity index (χ0) is 9.19. The molecule has 0 aliphatic carbocycles. The van der Waals surface area contributed by atoms with Crippen LogP contribution in [0.3, 0.4) is 0 Å². The highest BCUT2D eigenvalue weighted by atomic mass is 19.4. The average Bonchev–Trinajstić information content (AvgIpc) is 1.91. The summed E-state index contributed by atoms with van der Waals surface area (Å²) >= 11 is 0. The standard InChI is InChI=1S/C6H6F3NO2/c7-6(8,9)12-4-2-1-3-10-5(4)11/h3,11H,1-2H2. The maximum Gasteiger partial charge on any atom is 0.572 e. The first-order valence-corrected chi connectivity index (χ1v) is 3.19. The molecule has 6 heteroatoms. The number of aliphatic hydroxyl groups excluding tert-OH is 1. The quantitative estimate of drug-likeness (QED) is 0.673. The first-order valence-electron chi connectivity index (χ1n) is 3.19. The Morgan fingerprint density at radius 2 is 2.17 bits per heavy atom. The summed E-state index contributed by atoms with van der Waals surface area (Å²) in [7, 11) is 0. The van der Waals surface area contributed by atoms with Gasteiger partial charge in [0.25, 0.3) is 0 Å². The van der Waals surface area contributed by atoms with Gasteiger partial charge in [-0.15, -0.1) is 13.2 Å². The van der Waals surface area contributed by atoms with Crippen LogP contribution in [-0.2, 0) is 4.74 Å². The molecule has 1 aliphatic rings. The molecule has 0 aromatic carbocycles. The summed E-state index contributed by atoms with van der Waals surface area (Å²) in [6, 6.07) is 0. The molecule has 0 saturated carbocycles. The van der Waals surface area contributed by atoms with Crippen LogP contribution in [0.4, 0.5) is 13.2 Å². The third-order valence-corrected chi connectivity index (χ3v) is 1.20. The van der Waals surface area contributed by atoms with Crippen LogP contribution in [0.25, 0.3) is 0 Å². The van der Waals surface area contributed by atoms with Crippen LogP contribution in [0, 0.1) is 0 Å². The van der Waals surface area contributed by atoms with Crippen molar-refractivity contribution in [2.24, 2.45) is 4.99 Å². The molecule has 1 rings (SSSR count). The highest BCUT2D eigenvalue weighted by molar-refractivity contribution is 5.60. The van der Waals surface area contributed by atoms with E-state index in [2.05, 4.69) is 9.73 Å². The summed E-state index contributed by atoms with van der Waals surface area (Å²) in [6.45, 7) is 0. The lowest BCUT2D eigenvalue weighted by atomic mass is 10.2. The van der Waals surface area contributed by atoms with E-state index in [9.17, 15) is 13.2 Å². The topological polar surface area (TPSA) is 41.8 Å². The normalized spacial score (nSPS) is 18.2. The van der Waals surface area contributed by atoms with Crippen molar-refractivity contribution in [3.8, 4) is 0 Å². The lowest BCUT2D eigenvalue weighted by Gasteiger charge is -2.13. The fraction of sp³-hybridized carbons (Fsp3) is 0.500. The van der Waals surface area contributed by atoms with Crippen LogP contribution in [0.5, 0.6) is 0 Å². The van der Waals surface area contributed by atoms with Gasteiger partial charge in [-0.25, -0.2) is 4.99 Å². The highest BCUT2D eigenvalue weighted by Crippen LogP contribution is 2.26. The largest absolute Gasteiger partial charge is 0.572 e. The third kappa shape index (κ3) is 2.44. The molecule has 1 N–H and O–H groups in total. The number of nitrogens with zero attached hydrogens (tertiary/aromatic N) is 1. The van der Waals surface area contributed by atoms with Crippen LogP contribution in [0.2, 0.25) is 0 Å². The minimum atomic E-state index is -4.75. The molecule has 0 bridgehead atoms. The molecule has 0 fully saturated rings. The number of halogens is 3. The van der Waals surface area contributed by atoms with E-state index in [0.717, 1.165) is 0 Å². The van der Waals surface area contributed by atoms with Crippen LogP contribution in [0.1, 0.15) is 12.8 Å². The number of allylic oxidation sites excluding steroid dienone is 1. The number of alkyl halides is 3. The summed E-state index contributed by atoms with van der Waals surface area (Å²) in [4.78, 5) is 3.28. The van der Waals surface area contributed by atoms with Gasteiger partial charge in [0.1, 0.15) is 0 Å². The Morgan fingerprint density at radius 3 is 2.67 bits per heavy atom. The van der Waals surface area contributed by atoms with Gasteiger partial charge in [-0.1, -0.05) is 0 Å². The summed E-state index contributed by atoms with van der Waals surface area (Å²) in [5.74, 6) is -1.22. The van der Waals surface area contributed by atoms with Gasteiger partial charge in [0.05, 0.1) is 0 Å². The summed E-state index contributed by atoms with van der Waals surface area (Å²) in [5, 5.41) is 8.79. The van der Waals surface area contributed by atoms with E-state index in [4.69, 9.17) is 5.11 Å². The molecule has 0 unspecified atom stereocenters. The third-order valence-electron chi connectivity index (χ3n) is 1.20. The Balaban J connectivity index is 2.68. The van der Waals surface area contributed by atoms with Crippen molar-refractivity contribution in [3.63, 3.8) is 0 Å². The molecule has 0 atom stereocenters. The van der Waals surface area contributed by atoms with Crippen molar-refractivity contribution in [3.05, 3.63) is 11.6 Å². The van der Waals surface area contributed by atoms with Gasteiger partial charge in [-0.05, 0) is 6.42 Å². The van der Waals surface area contributed by atoms with Crippen LogP contribution < -0.4 is 0 Å². The van der Waals surface area contributed by atoms with Gasteiger partial charge < -0.3 is 9.84 Å². The highest BCUT2D eigenvalue weighted by Gasteiger charge is 2.33. The molecule has 0 spiro atoms. The minimum Gasteiger partial charge on any atom is -0.491 e. The molecule has 0 saturated heterocycles. The van der Waals surface area contributed by atoms with E-state index >= 15 is 0 Å². The second kappa shape index (κ2) is 3.04. The number of hydrogen-bond donors (Lipinski definition) is 1. The van der Waals surface area contributed by atoms with Gasteiger partial charge in [0, 0.05) is 12.6 Å². The number of aliphatic imine (C=N–C) groups is 1. The summed E-state index contributed by atoms with van der Waals surface area (Å²) in [5.41, 5.74) is 0. The Bertz CT molecular complexity index is 231. The van der Waals surface area contributed by atoms with E-state index in [-0.39, 0.29) is 6.42 Å². The zero-order valence-electron chi connectivity index (χ0n) is 5.93. The molecule has 0 aromatic rings. The second-order valence-electron chi connectivity index (χ2n) is 2.14. The van der Waals surface area contributed by atoms with Crippen molar-refractivity contribution in [2.75, 3.05) is 0 Å². The summed E-state index contributed by atoms with van der Waals surface area (Å²) < 4.78 is 38.3. The number of hydrogen-bond acceptors (Lipinski definition) is 3. The maximum absolute atomic E-state index is 11.6. The van der Waals surface area contributed by atoms with Gasteiger partial charge in [0.15, 0.2) is 5.76 Å². The van der Waals surface area contributed by atoms with E-state index in [1.54, 1.807) is 0 Å². The van der Waals surface area contributed by atoms with Crippen LogP contribution in [0.15, 0.2) is 16.6 Å². The number of rotatable bonds is 1. The Kier molecular flexibility index (Phi) is 2.25. The molecule has 1 aliphatic heterocycles. The molecular formula is C6H6F3NO2. The van der Waals surface area contributed by atoms with Gasteiger partial charge >= 0.3 is 6.36 Å². The number of aliphatic hydroxyl groups is 1. The van der Waals surface area contributed by atoms with E-state index in [1.807, 2.05) is 0 Å². The molecule has 0 amide bonds. The smallest absolute Gasteiger partial charge is 0.491 e. The van der Waals surface area contributed by atoms with Gasteiger partial charge in [-0.2, -0.15) is 0 Å². The van der Waals surface area contributed by atoms with Crippen LogP contribution in [-0.4, -0.2) is 17.7 Å². The lowest BCUT2D eigenvalue weighted by Crippen LogP contribution is -2.15.